The minimum Gasteiger partial charge on any atom is -0.240 e. The first-order valence-corrected chi connectivity index (χ1v) is 8.73. The Labute approximate surface area is 210 Å². The molecule has 2 atom stereocenters. The smallest absolute Gasteiger partial charge is 0.240 e. The molecular weight excluding hydrogens is 688 g/mol. The van der Waals surface area contributed by atoms with E-state index in [1.807, 2.05) is 9.78 Å². The Balaban J connectivity index is 6.28. The number of alkyl halides is 24. The van der Waals surface area contributed by atoms with Crippen LogP contribution < -0.4 is 0 Å². The van der Waals surface area contributed by atoms with E-state index in [-0.39, 0.29) is 0 Å². The quantitative estimate of drug-likeness (QED) is 0.143. The normalized spacial score (nSPS) is 17.0. The highest BCUT2D eigenvalue weighted by Crippen LogP contribution is 2.58. The van der Waals surface area contributed by atoms with Crippen molar-refractivity contribution in [2.24, 2.45) is 0 Å². The monoisotopic (exact) mass is 690 g/mol. The molecule has 0 aliphatic carbocycles. The average molecular weight is 690 g/mol. The molecule has 0 aromatic heterocycles. The summed E-state index contributed by atoms with van der Waals surface area (Å²) >= 11 is 0. The molecule has 2 unspecified atom stereocenters. The first kappa shape index (κ1) is 39.3. The standard InChI is InChI=1S/C14H2F24O4/c15-1(9(25,26)27)5(17,18)11(31,32)13(35,36)7(21,22)3(39)41-42-4(40)8(23,24)14(37,38)12(33,34)6(19,20)2(16)10(28,29)30/h1-2H. The summed E-state index contributed by atoms with van der Waals surface area (Å²) in [6.45, 7) is 0. The molecule has 0 saturated carbocycles. The second-order valence-corrected chi connectivity index (χ2v) is 7.24. The van der Waals surface area contributed by atoms with Crippen molar-refractivity contribution in [3.05, 3.63) is 0 Å². The molecular formula is C14H2F24O4. The van der Waals surface area contributed by atoms with E-state index < -0.39 is 84.0 Å². The van der Waals surface area contributed by atoms with Crippen molar-refractivity contribution in [1.82, 2.24) is 0 Å². The van der Waals surface area contributed by atoms with Crippen LogP contribution in [0.4, 0.5) is 105 Å². The number of carbonyl (C=O) groups is 2. The fraction of sp³-hybridized carbons (Fsp3) is 0.857. The fourth-order valence-electron chi connectivity index (χ4n) is 1.98. The summed E-state index contributed by atoms with van der Waals surface area (Å²) in [5, 5.41) is 0. The van der Waals surface area contributed by atoms with Crippen molar-refractivity contribution < 1.29 is 125 Å². The summed E-state index contributed by atoms with van der Waals surface area (Å²) in [7, 11) is 0. The highest BCUT2D eigenvalue weighted by molar-refractivity contribution is 5.82. The van der Waals surface area contributed by atoms with Crippen LogP contribution in [0.1, 0.15) is 0 Å². The Hall–Kier alpha value is -2.74. The van der Waals surface area contributed by atoms with E-state index >= 15 is 0 Å². The van der Waals surface area contributed by atoms with Crippen LogP contribution in [0, 0.1) is 0 Å². The molecule has 250 valence electrons. The van der Waals surface area contributed by atoms with Crippen molar-refractivity contribution in [3.63, 3.8) is 0 Å². The zero-order chi connectivity index (χ0) is 34.7. The number of rotatable bonds is 10. The molecule has 0 spiro atoms. The number of carbonyl (C=O) groups excluding carboxylic acids is 2. The van der Waals surface area contributed by atoms with Gasteiger partial charge in [-0.25, -0.2) is 28.1 Å². The largest absolute Gasteiger partial charge is 0.431 e. The zero-order valence-corrected chi connectivity index (χ0v) is 17.9. The van der Waals surface area contributed by atoms with E-state index in [0.29, 0.717) is 0 Å². The zero-order valence-electron chi connectivity index (χ0n) is 17.9. The summed E-state index contributed by atoms with van der Waals surface area (Å²) in [6.07, 6.45) is -27.3. The first-order valence-electron chi connectivity index (χ1n) is 8.73. The van der Waals surface area contributed by atoms with E-state index in [9.17, 15) is 115 Å². The lowest BCUT2D eigenvalue weighted by Gasteiger charge is -2.37. The minimum atomic E-state index is -8.37. The molecule has 0 saturated heterocycles. The van der Waals surface area contributed by atoms with Crippen LogP contribution in [0.3, 0.4) is 0 Å². The van der Waals surface area contributed by atoms with Gasteiger partial charge in [-0.2, -0.15) is 96.6 Å². The van der Waals surface area contributed by atoms with Crippen molar-refractivity contribution in [3.8, 4) is 0 Å². The Morgan fingerprint density at radius 2 is 0.571 bits per heavy atom. The fourth-order valence-corrected chi connectivity index (χ4v) is 1.98. The number of hydrogen-bond acceptors (Lipinski definition) is 4. The lowest BCUT2D eigenvalue weighted by molar-refractivity contribution is -0.398. The van der Waals surface area contributed by atoms with Gasteiger partial charge in [0.15, 0.2) is 0 Å². The van der Waals surface area contributed by atoms with Gasteiger partial charge in [0, 0.05) is 0 Å². The van der Waals surface area contributed by atoms with Crippen LogP contribution in [0.2, 0.25) is 0 Å². The molecule has 0 amide bonds. The van der Waals surface area contributed by atoms with Crippen LogP contribution in [0.5, 0.6) is 0 Å². The maximum absolute atomic E-state index is 13.4. The van der Waals surface area contributed by atoms with Gasteiger partial charge in [0.25, 0.3) is 12.3 Å². The Morgan fingerprint density at radius 3 is 0.738 bits per heavy atom. The Kier molecular flexibility index (Phi) is 9.78. The van der Waals surface area contributed by atoms with E-state index in [2.05, 4.69) is 0 Å². The number of hydrogen-bond donors (Lipinski definition) is 0. The van der Waals surface area contributed by atoms with Gasteiger partial charge in [0.05, 0.1) is 0 Å². The molecule has 0 aliphatic rings. The highest BCUT2D eigenvalue weighted by Gasteiger charge is 2.88. The molecule has 4 nitrogen and oxygen atoms in total. The van der Waals surface area contributed by atoms with E-state index in [4.69, 9.17) is 0 Å². The molecule has 0 bridgehead atoms. The third kappa shape index (κ3) is 5.76. The molecule has 0 heterocycles. The van der Waals surface area contributed by atoms with Crippen LogP contribution >= 0.6 is 0 Å². The molecule has 0 fully saturated rings. The molecule has 0 N–H and O–H groups in total. The van der Waals surface area contributed by atoms with Gasteiger partial charge < -0.3 is 0 Å². The summed E-state index contributed by atoms with van der Waals surface area (Å²) in [4.78, 5) is 25.3. The van der Waals surface area contributed by atoms with Gasteiger partial charge in [0.2, 0.25) is 0 Å². The van der Waals surface area contributed by atoms with Crippen LogP contribution in [-0.4, -0.2) is 84.0 Å². The van der Waals surface area contributed by atoms with Crippen molar-refractivity contribution in [1.29, 1.82) is 0 Å². The maximum atomic E-state index is 13.4. The van der Waals surface area contributed by atoms with Crippen molar-refractivity contribution in [2.75, 3.05) is 0 Å². The summed E-state index contributed by atoms with van der Waals surface area (Å²) in [6, 6.07) is 0. The summed E-state index contributed by atoms with van der Waals surface area (Å²) in [5.74, 6) is -75.1. The van der Waals surface area contributed by atoms with Crippen molar-refractivity contribution in [2.45, 2.75) is 72.1 Å². The van der Waals surface area contributed by atoms with Crippen molar-refractivity contribution >= 4 is 11.9 Å². The molecule has 0 aliphatic heterocycles. The van der Waals surface area contributed by atoms with Gasteiger partial charge in [0.1, 0.15) is 0 Å². The van der Waals surface area contributed by atoms with E-state index in [0.717, 1.165) is 0 Å². The van der Waals surface area contributed by atoms with Crippen LogP contribution in [-0.2, 0) is 19.4 Å². The Morgan fingerprint density at radius 1 is 0.381 bits per heavy atom. The van der Waals surface area contributed by atoms with Gasteiger partial charge in [-0.15, -0.1) is 0 Å². The van der Waals surface area contributed by atoms with E-state index in [1.54, 1.807) is 0 Å². The first-order chi connectivity index (χ1) is 17.9. The second-order valence-electron chi connectivity index (χ2n) is 7.24. The third-order valence-corrected chi connectivity index (χ3v) is 4.33. The van der Waals surface area contributed by atoms with Gasteiger partial charge in [-0.3, -0.25) is 0 Å². The second kappa shape index (κ2) is 10.5. The average Bonchev–Trinajstić information content (AvgIpc) is 2.78. The molecule has 28 heteroatoms. The SMILES string of the molecule is O=C(OOC(=O)C(F)(F)C(F)(F)C(F)(F)C(F)(F)C(F)C(F)(F)F)C(F)(F)C(F)(F)C(F)(F)C(F)(F)C(F)C(F)(F)F. The molecule has 42 heavy (non-hydrogen) atoms. The Bertz CT molecular complexity index is 928. The van der Waals surface area contributed by atoms with Gasteiger partial charge in [-0.05, 0) is 0 Å². The topological polar surface area (TPSA) is 52.6 Å². The highest BCUT2D eigenvalue weighted by atomic mass is 19.4. The van der Waals surface area contributed by atoms with Crippen LogP contribution in [0.25, 0.3) is 0 Å². The third-order valence-electron chi connectivity index (χ3n) is 4.33. The summed E-state index contributed by atoms with van der Waals surface area (Å²) < 4.78 is 309. The molecule has 0 aromatic rings. The predicted molar refractivity (Wildman–Crippen MR) is 73.7 cm³/mol. The van der Waals surface area contributed by atoms with Crippen LogP contribution in [0.15, 0.2) is 0 Å². The molecule has 0 aromatic carbocycles. The number of halogens is 24. The maximum Gasteiger partial charge on any atom is 0.431 e. The molecule has 0 radical (unpaired) electrons. The van der Waals surface area contributed by atoms with Gasteiger partial charge in [-0.1, -0.05) is 0 Å². The minimum absolute atomic E-state index is 1.86. The summed E-state index contributed by atoms with van der Waals surface area (Å²) in [5.41, 5.74) is 0. The predicted octanol–water partition coefficient (Wildman–Crippen LogP) is 6.87. The lowest BCUT2D eigenvalue weighted by atomic mass is 9.95. The van der Waals surface area contributed by atoms with E-state index in [1.165, 1.54) is 0 Å². The van der Waals surface area contributed by atoms with Gasteiger partial charge >= 0.3 is 71.7 Å². The molecule has 0 rings (SSSR count). The lowest BCUT2D eigenvalue weighted by Crippen LogP contribution is -2.69.